The van der Waals surface area contributed by atoms with Gasteiger partial charge in [-0.05, 0) is 62.1 Å². The number of hydrogen-bond donors (Lipinski definition) is 1. The molecule has 0 unspecified atom stereocenters. The summed E-state index contributed by atoms with van der Waals surface area (Å²) in [6.45, 7) is 5.01. The van der Waals surface area contributed by atoms with E-state index in [9.17, 15) is 14.0 Å². The molecule has 5 heteroatoms. The fourth-order valence-corrected chi connectivity index (χ4v) is 3.18. The van der Waals surface area contributed by atoms with Crippen molar-refractivity contribution in [3.8, 4) is 0 Å². The minimum atomic E-state index is -0.498. The molecule has 0 atom stereocenters. The molecule has 4 nitrogen and oxygen atoms in total. The fourth-order valence-electron chi connectivity index (χ4n) is 3.18. The Morgan fingerprint density at radius 1 is 1.04 bits per heavy atom. The number of amides is 2. The van der Waals surface area contributed by atoms with E-state index in [2.05, 4.69) is 5.32 Å². The number of rotatable bonds is 3. The first-order chi connectivity index (χ1) is 12.5. The van der Waals surface area contributed by atoms with E-state index in [0.29, 0.717) is 31.5 Å². The van der Waals surface area contributed by atoms with Crippen LogP contribution in [0.3, 0.4) is 0 Å². The first kappa shape index (κ1) is 18.1. The van der Waals surface area contributed by atoms with Crippen molar-refractivity contribution in [1.82, 2.24) is 10.2 Å². The van der Waals surface area contributed by atoms with Crippen LogP contribution in [0.15, 0.2) is 42.5 Å². The first-order valence-corrected chi connectivity index (χ1v) is 8.87. The van der Waals surface area contributed by atoms with Crippen LogP contribution in [0.1, 0.15) is 44.7 Å². The Bertz CT molecular complexity index is 827. The second kappa shape index (κ2) is 7.68. The van der Waals surface area contributed by atoms with Gasteiger partial charge in [0.1, 0.15) is 5.82 Å². The van der Waals surface area contributed by atoms with E-state index in [0.717, 1.165) is 11.1 Å². The Hall–Kier alpha value is -2.69. The zero-order valence-electron chi connectivity index (χ0n) is 15.1. The number of hydrogen-bond acceptors (Lipinski definition) is 2. The third kappa shape index (κ3) is 3.93. The Labute approximate surface area is 153 Å². The lowest BCUT2D eigenvalue weighted by Gasteiger charge is -2.32. The van der Waals surface area contributed by atoms with Gasteiger partial charge in [-0.3, -0.25) is 9.59 Å². The van der Waals surface area contributed by atoms with Gasteiger partial charge in [0.25, 0.3) is 11.8 Å². The number of carbonyl (C=O) groups is 2. The summed E-state index contributed by atoms with van der Waals surface area (Å²) < 4.78 is 13.8. The summed E-state index contributed by atoms with van der Waals surface area (Å²) in [7, 11) is 0. The first-order valence-electron chi connectivity index (χ1n) is 8.87. The molecule has 3 rings (SSSR count). The number of aryl methyl sites for hydroxylation is 2. The second-order valence-electron chi connectivity index (χ2n) is 6.82. The topological polar surface area (TPSA) is 49.4 Å². The van der Waals surface area contributed by atoms with Crippen LogP contribution in [0.4, 0.5) is 4.39 Å². The van der Waals surface area contributed by atoms with E-state index < -0.39 is 5.82 Å². The number of carbonyl (C=O) groups excluding carboxylic acids is 2. The van der Waals surface area contributed by atoms with Crippen LogP contribution in [0.25, 0.3) is 0 Å². The van der Waals surface area contributed by atoms with E-state index in [4.69, 9.17) is 0 Å². The number of halogens is 1. The molecule has 1 fully saturated rings. The molecule has 0 bridgehead atoms. The Balaban J connectivity index is 1.57. The van der Waals surface area contributed by atoms with Crippen molar-refractivity contribution in [1.29, 1.82) is 0 Å². The Morgan fingerprint density at radius 2 is 1.73 bits per heavy atom. The molecule has 1 aliphatic rings. The highest BCUT2D eigenvalue weighted by atomic mass is 19.1. The molecule has 0 aromatic heterocycles. The number of nitrogens with zero attached hydrogens (tertiary/aromatic N) is 1. The minimum absolute atomic E-state index is 0.0220. The number of piperidine rings is 1. The summed E-state index contributed by atoms with van der Waals surface area (Å²) in [6.07, 6.45) is 1.33. The average Bonchev–Trinajstić information content (AvgIpc) is 2.64. The number of likely N-dealkylation sites (tertiary alicyclic amines) is 1. The maximum Gasteiger partial charge on any atom is 0.256 e. The standard InChI is InChI=1S/C21H23FN2O2/c1-14-7-8-16(13-15(14)2)20(25)23-17-9-11-24(12-10-17)21(26)18-5-3-4-6-19(18)22/h3-8,13,17H,9-12H2,1-2H3,(H,23,25). The molecule has 2 aromatic rings. The predicted molar refractivity (Wildman–Crippen MR) is 98.7 cm³/mol. The zero-order valence-corrected chi connectivity index (χ0v) is 15.1. The molecule has 136 valence electrons. The normalized spacial score (nSPS) is 15.0. The molecule has 26 heavy (non-hydrogen) atoms. The summed E-state index contributed by atoms with van der Waals surface area (Å²) in [4.78, 5) is 26.5. The van der Waals surface area contributed by atoms with Crippen molar-refractivity contribution in [3.05, 3.63) is 70.5 Å². The largest absolute Gasteiger partial charge is 0.349 e. The summed E-state index contributed by atoms with van der Waals surface area (Å²) in [5.74, 6) is -0.878. The van der Waals surface area contributed by atoms with Crippen molar-refractivity contribution < 1.29 is 14.0 Å². The van der Waals surface area contributed by atoms with E-state index in [1.165, 1.54) is 12.1 Å². The molecule has 0 saturated carbocycles. The van der Waals surface area contributed by atoms with E-state index in [1.54, 1.807) is 17.0 Å². The van der Waals surface area contributed by atoms with Gasteiger partial charge in [0.15, 0.2) is 0 Å². The Kier molecular flexibility index (Phi) is 5.35. The van der Waals surface area contributed by atoms with Crippen molar-refractivity contribution in [2.24, 2.45) is 0 Å². The van der Waals surface area contributed by atoms with Gasteiger partial charge in [-0.25, -0.2) is 4.39 Å². The number of benzene rings is 2. The van der Waals surface area contributed by atoms with Crippen LogP contribution < -0.4 is 5.32 Å². The van der Waals surface area contributed by atoms with Gasteiger partial charge in [0.2, 0.25) is 0 Å². The van der Waals surface area contributed by atoms with Gasteiger partial charge >= 0.3 is 0 Å². The molecular weight excluding hydrogens is 331 g/mol. The third-order valence-electron chi connectivity index (χ3n) is 4.99. The lowest BCUT2D eigenvalue weighted by molar-refractivity contribution is 0.0693. The molecule has 0 spiro atoms. The van der Waals surface area contributed by atoms with Gasteiger partial charge in [-0.2, -0.15) is 0 Å². The maximum absolute atomic E-state index is 13.8. The van der Waals surface area contributed by atoms with Gasteiger partial charge < -0.3 is 10.2 Å². The van der Waals surface area contributed by atoms with Crippen molar-refractivity contribution in [2.75, 3.05) is 13.1 Å². The molecule has 1 aliphatic heterocycles. The van der Waals surface area contributed by atoms with Crippen LogP contribution >= 0.6 is 0 Å². The zero-order chi connectivity index (χ0) is 18.7. The van der Waals surface area contributed by atoms with Gasteiger partial charge in [-0.1, -0.05) is 18.2 Å². The molecule has 0 aliphatic carbocycles. The third-order valence-corrected chi connectivity index (χ3v) is 4.99. The monoisotopic (exact) mass is 354 g/mol. The predicted octanol–water partition coefficient (Wildman–Crippen LogP) is 3.48. The van der Waals surface area contributed by atoms with E-state index in [1.807, 2.05) is 32.0 Å². The molecule has 2 aromatic carbocycles. The number of nitrogens with one attached hydrogen (secondary N) is 1. The van der Waals surface area contributed by atoms with Crippen LogP contribution in [-0.2, 0) is 0 Å². The summed E-state index contributed by atoms with van der Waals surface area (Å²) in [5, 5.41) is 3.04. The SMILES string of the molecule is Cc1ccc(C(=O)NC2CCN(C(=O)c3ccccc3F)CC2)cc1C. The highest BCUT2D eigenvalue weighted by Gasteiger charge is 2.26. The molecule has 0 radical (unpaired) electrons. The van der Waals surface area contributed by atoms with Crippen LogP contribution in [-0.4, -0.2) is 35.8 Å². The van der Waals surface area contributed by atoms with Gasteiger partial charge in [0, 0.05) is 24.7 Å². The molecular formula is C21H23FN2O2. The van der Waals surface area contributed by atoms with E-state index >= 15 is 0 Å². The molecule has 2 amide bonds. The highest BCUT2D eigenvalue weighted by Crippen LogP contribution is 2.17. The maximum atomic E-state index is 13.8. The van der Waals surface area contributed by atoms with Crippen LogP contribution in [0, 0.1) is 19.7 Å². The average molecular weight is 354 g/mol. The summed E-state index contributed by atoms with van der Waals surface area (Å²) in [5.41, 5.74) is 2.99. The highest BCUT2D eigenvalue weighted by molar-refractivity contribution is 5.95. The molecule has 1 saturated heterocycles. The van der Waals surface area contributed by atoms with Gasteiger partial charge in [0.05, 0.1) is 5.56 Å². The quantitative estimate of drug-likeness (QED) is 0.917. The molecule has 1 N–H and O–H groups in total. The lowest BCUT2D eigenvalue weighted by atomic mass is 10.0. The smallest absolute Gasteiger partial charge is 0.256 e. The molecule has 1 heterocycles. The van der Waals surface area contributed by atoms with Crippen molar-refractivity contribution >= 4 is 11.8 Å². The lowest BCUT2D eigenvalue weighted by Crippen LogP contribution is -2.46. The van der Waals surface area contributed by atoms with Crippen LogP contribution in [0.5, 0.6) is 0 Å². The minimum Gasteiger partial charge on any atom is -0.349 e. The van der Waals surface area contributed by atoms with Crippen molar-refractivity contribution in [3.63, 3.8) is 0 Å². The Morgan fingerprint density at radius 3 is 2.38 bits per heavy atom. The second-order valence-corrected chi connectivity index (χ2v) is 6.82. The van der Waals surface area contributed by atoms with Gasteiger partial charge in [-0.15, -0.1) is 0 Å². The van der Waals surface area contributed by atoms with Crippen molar-refractivity contribution in [2.45, 2.75) is 32.7 Å². The summed E-state index contributed by atoms with van der Waals surface area (Å²) >= 11 is 0. The fraction of sp³-hybridized carbons (Fsp3) is 0.333. The summed E-state index contributed by atoms with van der Waals surface area (Å²) in [6, 6.07) is 11.7. The van der Waals surface area contributed by atoms with E-state index in [-0.39, 0.29) is 23.4 Å². The van der Waals surface area contributed by atoms with Crippen LogP contribution in [0.2, 0.25) is 0 Å².